The monoisotopic (exact) mass is 284 g/mol. The Kier molecular flexibility index (Phi) is 4.56. The van der Waals surface area contributed by atoms with Crippen LogP contribution < -0.4 is 5.32 Å². The first-order valence-corrected chi connectivity index (χ1v) is 6.45. The SMILES string of the molecule is CN(CC(=O)O)C(=O)Nc1ccc(-c2ccccc2)cc1. The van der Waals surface area contributed by atoms with Crippen LogP contribution in [0, 0.1) is 0 Å². The molecule has 0 saturated carbocycles. The number of amides is 2. The van der Waals surface area contributed by atoms with Crippen molar-refractivity contribution in [2.24, 2.45) is 0 Å². The molecule has 0 spiro atoms. The van der Waals surface area contributed by atoms with Crippen LogP contribution in [-0.2, 0) is 4.79 Å². The molecule has 0 heterocycles. The highest BCUT2D eigenvalue weighted by Gasteiger charge is 2.11. The molecule has 2 aromatic carbocycles. The molecule has 0 aliphatic rings. The minimum absolute atomic E-state index is 0.339. The van der Waals surface area contributed by atoms with Crippen LogP contribution >= 0.6 is 0 Å². The van der Waals surface area contributed by atoms with Gasteiger partial charge in [0.15, 0.2) is 0 Å². The molecule has 2 rings (SSSR count). The van der Waals surface area contributed by atoms with Gasteiger partial charge in [0, 0.05) is 12.7 Å². The Bertz CT molecular complexity index is 624. The number of aliphatic carboxylic acids is 1. The van der Waals surface area contributed by atoms with Gasteiger partial charge in [0.2, 0.25) is 0 Å². The van der Waals surface area contributed by atoms with E-state index in [4.69, 9.17) is 5.11 Å². The van der Waals surface area contributed by atoms with Gasteiger partial charge in [-0.1, -0.05) is 42.5 Å². The summed E-state index contributed by atoms with van der Waals surface area (Å²) < 4.78 is 0. The van der Waals surface area contributed by atoms with Gasteiger partial charge in [-0.25, -0.2) is 4.79 Å². The Labute approximate surface area is 122 Å². The average molecular weight is 284 g/mol. The quantitative estimate of drug-likeness (QED) is 0.907. The van der Waals surface area contributed by atoms with Crippen LogP contribution in [0.25, 0.3) is 11.1 Å². The fourth-order valence-electron chi connectivity index (χ4n) is 1.87. The number of urea groups is 1. The molecule has 0 atom stereocenters. The molecule has 0 saturated heterocycles. The van der Waals surface area contributed by atoms with E-state index in [-0.39, 0.29) is 6.54 Å². The number of carbonyl (C=O) groups excluding carboxylic acids is 1. The third kappa shape index (κ3) is 4.07. The first-order chi connectivity index (χ1) is 10.1. The minimum atomic E-state index is -1.05. The Morgan fingerprint density at radius 3 is 2.14 bits per heavy atom. The maximum absolute atomic E-state index is 11.8. The van der Waals surface area contributed by atoms with E-state index in [2.05, 4.69) is 5.32 Å². The highest BCUT2D eigenvalue weighted by molar-refractivity contribution is 5.91. The van der Waals surface area contributed by atoms with E-state index in [1.54, 1.807) is 12.1 Å². The Balaban J connectivity index is 2.03. The molecule has 5 heteroatoms. The topological polar surface area (TPSA) is 69.6 Å². The van der Waals surface area contributed by atoms with Gasteiger partial charge >= 0.3 is 12.0 Å². The number of rotatable bonds is 4. The minimum Gasteiger partial charge on any atom is -0.480 e. The summed E-state index contributed by atoms with van der Waals surface area (Å²) in [6.07, 6.45) is 0. The normalized spacial score (nSPS) is 9.95. The number of hydrogen-bond acceptors (Lipinski definition) is 2. The molecular weight excluding hydrogens is 268 g/mol. The van der Waals surface area contributed by atoms with Crippen LogP contribution in [0.15, 0.2) is 54.6 Å². The zero-order chi connectivity index (χ0) is 15.2. The molecule has 0 aliphatic heterocycles. The van der Waals surface area contributed by atoms with Gasteiger partial charge in [-0.15, -0.1) is 0 Å². The van der Waals surface area contributed by atoms with Gasteiger partial charge in [-0.3, -0.25) is 4.79 Å². The zero-order valence-electron chi connectivity index (χ0n) is 11.6. The second kappa shape index (κ2) is 6.56. The summed E-state index contributed by atoms with van der Waals surface area (Å²) >= 11 is 0. The maximum atomic E-state index is 11.8. The van der Waals surface area contributed by atoms with Crippen molar-refractivity contribution >= 4 is 17.7 Å². The van der Waals surface area contributed by atoms with Crippen LogP contribution in [0.2, 0.25) is 0 Å². The summed E-state index contributed by atoms with van der Waals surface area (Å²) in [6.45, 7) is -0.339. The van der Waals surface area contributed by atoms with Crippen molar-refractivity contribution in [3.63, 3.8) is 0 Å². The van der Waals surface area contributed by atoms with Gasteiger partial charge in [-0.2, -0.15) is 0 Å². The van der Waals surface area contributed by atoms with E-state index >= 15 is 0 Å². The fraction of sp³-hybridized carbons (Fsp3) is 0.125. The average Bonchev–Trinajstić information content (AvgIpc) is 2.48. The lowest BCUT2D eigenvalue weighted by Gasteiger charge is -2.15. The second-order valence-electron chi connectivity index (χ2n) is 4.62. The smallest absolute Gasteiger partial charge is 0.323 e. The third-order valence-corrected chi connectivity index (χ3v) is 2.96. The molecular formula is C16H16N2O3. The fourth-order valence-corrected chi connectivity index (χ4v) is 1.87. The Hall–Kier alpha value is -2.82. The summed E-state index contributed by atoms with van der Waals surface area (Å²) in [5.41, 5.74) is 2.77. The first kappa shape index (κ1) is 14.6. The zero-order valence-corrected chi connectivity index (χ0v) is 11.6. The largest absolute Gasteiger partial charge is 0.480 e. The van der Waals surface area contributed by atoms with Gasteiger partial charge < -0.3 is 15.3 Å². The number of hydrogen-bond donors (Lipinski definition) is 2. The predicted molar refractivity (Wildman–Crippen MR) is 81.2 cm³/mol. The number of carboxylic acid groups (broad SMARTS) is 1. The van der Waals surface area contributed by atoms with E-state index in [9.17, 15) is 9.59 Å². The lowest BCUT2D eigenvalue weighted by Crippen LogP contribution is -2.35. The lowest BCUT2D eigenvalue weighted by atomic mass is 10.1. The number of carbonyl (C=O) groups is 2. The predicted octanol–water partition coefficient (Wildman–Crippen LogP) is 2.90. The summed E-state index contributed by atoms with van der Waals surface area (Å²) in [5, 5.41) is 11.3. The highest BCUT2D eigenvalue weighted by atomic mass is 16.4. The molecule has 2 N–H and O–H groups in total. The standard InChI is InChI=1S/C16H16N2O3/c1-18(11-15(19)20)16(21)17-14-9-7-13(8-10-14)12-5-3-2-4-6-12/h2-10H,11H2,1H3,(H,17,21)(H,19,20). The molecule has 2 aromatic rings. The summed E-state index contributed by atoms with van der Waals surface area (Å²) in [7, 11) is 1.43. The summed E-state index contributed by atoms with van der Waals surface area (Å²) in [4.78, 5) is 23.4. The van der Waals surface area contributed by atoms with E-state index in [1.807, 2.05) is 42.5 Å². The number of nitrogens with one attached hydrogen (secondary N) is 1. The molecule has 0 unspecified atom stereocenters. The first-order valence-electron chi connectivity index (χ1n) is 6.45. The molecule has 5 nitrogen and oxygen atoms in total. The van der Waals surface area contributed by atoms with Crippen molar-refractivity contribution in [2.45, 2.75) is 0 Å². The molecule has 0 aromatic heterocycles. The summed E-state index contributed by atoms with van der Waals surface area (Å²) in [5.74, 6) is -1.05. The molecule has 0 aliphatic carbocycles. The highest BCUT2D eigenvalue weighted by Crippen LogP contribution is 2.21. The van der Waals surface area contributed by atoms with Crippen LogP contribution in [0.5, 0.6) is 0 Å². The van der Waals surface area contributed by atoms with Crippen LogP contribution in [0.4, 0.5) is 10.5 Å². The molecule has 21 heavy (non-hydrogen) atoms. The second-order valence-corrected chi connectivity index (χ2v) is 4.62. The van der Waals surface area contributed by atoms with E-state index in [0.29, 0.717) is 5.69 Å². The van der Waals surface area contributed by atoms with Gasteiger partial charge in [0.1, 0.15) is 6.54 Å². The van der Waals surface area contributed by atoms with Crippen LogP contribution in [0.3, 0.4) is 0 Å². The van der Waals surface area contributed by atoms with Crippen LogP contribution in [-0.4, -0.2) is 35.6 Å². The van der Waals surface area contributed by atoms with Crippen molar-refractivity contribution in [1.82, 2.24) is 4.90 Å². The molecule has 0 bridgehead atoms. The van der Waals surface area contributed by atoms with Gasteiger partial charge in [0.25, 0.3) is 0 Å². The number of benzene rings is 2. The Morgan fingerprint density at radius 1 is 1.00 bits per heavy atom. The number of anilines is 1. The summed E-state index contributed by atoms with van der Waals surface area (Å²) in [6, 6.07) is 16.8. The Morgan fingerprint density at radius 2 is 1.57 bits per heavy atom. The molecule has 108 valence electrons. The van der Waals surface area contributed by atoms with Crippen molar-refractivity contribution < 1.29 is 14.7 Å². The van der Waals surface area contributed by atoms with Crippen LogP contribution in [0.1, 0.15) is 0 Å². The molecule has 0 fully saturated rings. The molecule has 2 amide bonds. The van der Waals surface area contributed by atoms with Crippen molar-refractivity contribution in [3.05, 3.63) is 54.6 Å². The van der Waals surface area contributed by atoms with E-state index in [1.165, 1.54) is 7.05 Å². The number of likely N-dealkylation sites (N-methyl/N-ethyl adjacent to an activating group) is 1. The molecule has 0 radical (unpaired) electrons. The maximum Gasteiger partial charge on any atom is 0.323 e. The third-order valence-electron chi connectivity index (χ3n) is 2.96. The van der Waals surface area contributed by atoms with Gasteiger partial charge in [-0.05, 0) is 23.3 Å². The van der Waals surface area contributed by atoms with Crippen molar-refractivity contribution in [1.29, 1.82) is 0 Å². The van der Waals surface area contributed by atoms with E-state index < -0.39 is 12.0 Å². The van der Waals surface area contributed by atoms with Crippen molar-refractivity contribution in [3.8, 4) is 11.1 Å². The number of carboxylic acids is 1. The van der Waals surface area contributed by atoms with Crippen molar-refractivity contribution in [2.75, 3.05) is 18.9 Å². The van der Waals surface area contributed by atoms with E-state index in [0.717, 1.165) is 16.0 Å². The lowest BCUT2D eigenvalue weighted by molar-refractivity contribution is -0.137. The number of nitrogens with zero attached hydrogens (tertiary/aromatic N) is 1. The van der Waals surface area contributed by atoms with Gasteiger partial charge in [0.05, 0.1) is 0 Å².